The fourth-order valence-electron chi connectivity index (χ4n) is 1.76. The van der Waals surface area contributed by atoms with E-state index in [-0.39, 0.29) is 18.0 Å². The van der Waals surface area contributed by atoms with Gasteiger partial charge in [0.25, 0.3) is 5.56 Å². The molecule has 2 N–H and O–H groups in total. The Bertz CT molecular complexity index is 652. The van der Waals surface area contributed by atoms with Gasteiger partial charge < -0.3 is 15.2 Å². The summed E-state index contributed by atoms with van der Waals surface area (Å²) in [6.07, 6.45) is 3.14. The molecule has 2 rings (SSSR count). The van der Waals surface area contributed by atoms with E-state index < -0.39 is 0 Å². The number of anilines is 1. The van der Waals surface area contributed by atoms with E-state index in [1.54, 1.807) is 13.2 Å². The molecule has 20 heavy (non-hydrogen) atoms. The maximum absolute atomic E-state index is 12.1. The zero-order valence-electron chi connectivity index (χ0n) is 11.2. The average molecular weight is 272 g/mol. The van der Waals surface area contributed by atoms with Crippen molar-refractivity contribution in [1.29, 1.82) is 0 Å². The maximum Gasteiger partial charge on any atom is 0.251 e. The lowest BCUT2D eigenvalue weighted by Crippen LogP contribution is -2.33. The first-order chi connectivity index (χ1) is 9.56. The number of rotatable bonds is 4. The normalized spacial score (nSPS) is 10.2. The number of hydrogen-bond donors (Lipinski definition) is 1. The van der Waals surface area contributed by atoms with Crippen LogP contribution < -0.4 is 11.3 Å². The molecule has 0 fully saturated rings. The van der Waals surface area contributed by atoms with Crippen LogP contribution >= 0.6 is 0 Å². The molecule has 0 bridgehead atoms. The smallest absolute Gasteiger partial charge is 0.251 e. The molecule has 2 heterocycles. The van der Waals surface area contributed by atoms with E-state index in [9.17, 15) is 9.59 Å². The second-order valence-corrected chi connectivity index (χ2v) is 4.50. The predicted octanol–water partition coefficient (Wildman–Crippen LogP) is 0.484. The van der Waals surface area contributed by atoms with Crippen molar-refractivity contribution in [2.45, 2.75) is 13.1 Å². The molecule has 0 unspecified atom stereocenters. The van der Waals surface area contributed by atoms with Crippen LogP contribution in [0.3, 0.4) is 0 Å². The Morgan fingerprint density at radius 2 is 2.15 bits per heavy atom. The Morgan fingerprint density at radius 1 is 1.35 bits per heavy atom. The monoisotopic (exact) mass is 272 g/mol. The Hall–Kier alpha value is -2.63. The van der Waals surface area contributed by atoms with E-state index in [0.29, 0.717) is 12.2 Å². The highest BCUT2D eigenvalue weighted by Gasteiger charge is 2.11. The second kappa shape index (κ2) is 6.01. The summed E-state index contributed by atoms with van der Waals surface area (Å²) in [6.45, 7) is 0.365. The van der Waals surface area contributed by atoms with Gasteiger partial charge in [0.1, 0.15) is 6.54 Å². The van der Waals surface area contributed by atoms with Gasteiger partial charge in [0.2, 0.25) is 5.91 Å². The van der Waals surface area contributed by atoms with Crippen LogP contribution in [-0.4, -0.2) is 27.4 Å². The molecule has 0 radical (unpaired) electrons. The average Bonchev–Trinajstić information content (AvgIpc) is 2.44. The third kappa shape index (κ3) is 3.44. The largest absolute Gasteiger partial charge is 0.398 e. The molecule has 1 amide bonds. The third-order valence-corrected chi connectivity index (χ3v) is 2.86. The van der Waals surface area contributed by atoms with Crippen LogP contribution in [0.1, 0.15) is 5.69 Å². The lowest BCUT2D eigenvalue weighted by atomic mass is 10.3. The maximum atomic E-state index is 12.1. The van der Waals surface area contributed by atoms with Gasteiger partial charge in [0.05, 0.1) is 12.2 Å². The van der Waals surface area contributed by atoms with Crippen molar-refractivity contribution in [3.05, 3.63) is 58.8 Å². The quantitative estimate of drug-likeness (QED) is 0.878. The van der Waals surface area contributed by atoms with Crippen molar-refractivity contribution in [2.75, 3.05) is 12.8 Å². The first kappa shape index (κ1) is 13.8. The number of carbonyl (C=O) groups excluding carboxylic acids is 1. The van der Waals surface area contributed by atoms with Gasteiger partial charge in [-0.15, -0.1) is 0 Å². The van der Waals surface area contributed by atoms with Crippen LogP contribution in [0.2, 0.25) is 0 Å². The predicted molar refractivity (Wildman–Crippen MR) is 75.8 cm³/mol. The summed E-state index contributed by atoms with van der Waals surface area (Å²) in [4.78, 5) is 29.4. The molecule has 0 aliphatic heterocycles. The van der Waals surface area contributed by atoms with Crippen LogP contribution in [0.5, 0.6) is 0 Å². The molecule has 0 aromatic carbocycles. The fraction of sp³-hybridized carbons (Fsp3) is 0.214. The number of nitrogens with two attached hydrogens (primary N) is 1. The van der Waals surface area contributed by atoms with Crippen LogP contribution in [0.15, 0.2) is 47.5 Å². The molecule has 0 atom stereocenters. The Balaban J connectivity index is 2.04. The summed E-state index contributed by atoms with van der Waals surface area (Å²) in [5.74, 6) is -0.177. The standard InChI is InChI=1S/C14H16N4O2/c1-17(9-12-4-2-3-7-16-12)14(20)10-18-8-11(15)5-6-13(18)19/h2-8H,9-10,15H2,1H3. The Labute approximate surface area is 116 Å². The van der Waals surface area contributed by atoms with Gasteiger partial charge in [-0.25, -0.2) is 0 Å². The van der Waals surface area contributed by atoms with Crippen molar-refractivity contribution in [3.8, 4) is 0 Å². The molecule has 6 heteroatoms. The molecular weight excluding hydrogens is 256 g/mol. The highest BCUT2D eigenvalue weighted by Crippen LogP contribution is 2.01. The zero-order chi connectivity index (χ0) is 14.5. The zero-order valence-corrected chi connectivity index (χ0v) is 11.2. The molecule has 0 saturated carbocycles. The fourth-order valence-corrected chi connectivity index (χ4v) is 1.76. The van der Waals surface area contributed by atoms with Gasteiger partial charge in [-0.1, -0.05) is 6.07 Å². The summed E-state index contributed by atoms with van der Waals surface area (Å²) in [5.41, 5.74) is 6.60. The number of carbonyl (C=O) groups is 1. The second-order valence-electron chi connectivity index (χ2n) is 4.50. The van der Waals surface area contributed by atoms with Crippen molar-refractivity contribution >= 4 is 11.6 Å². The van der Waals surface area contributed by atoms with Crippen LogP contribution in [0.4, 0.5) is 5.69 Å². The molecule has 0 saturated heterocycles. The van der Waals surface area contributed by atoms with Gasteiger partial charge in [-0.3, -0.25) is 14.6 Å². The molecule has 2 aromatic rings. The number of nitrogen functional groups attached to an aromatic ring is 1. The lowest BCUT2D eigenvalue weighted by Gasteiger charge is -2.17. The summed E-state index contributed by atoms with van der Waals surface area (Å²) in [6, 6.07) is 8.39. The summed E-state index contributed by atoms with van der Waals surface area (Å²) in [5, 5.41) is 0. The minimum Gasteiger partial charge on any atom is -0.398 e. The van der Waals surface area contributed by atoms with Gasteiger partial charge in [-0.2, -0.15) is 0 Å². The van der Waals surface area contributed by atoms with E-state index in [2.05, 4.69) is 4.98 Å². The molecule has 104 valence electrons. The Morgan fingerprint density at radius 3 is 2.85 bits per heavy atom. The molecule has 6 nitrogen and oxygen atoms in total. The first-order valence-electron chi connectivity index (χ1n) is 6.16. The molecule has 2 aromatic heterocycles. The summed E-state index contributed by atoms with van der Waals surface area (Å²) in [7, 11) is 1.67. The lowest BCUT2D eigenvalue weighted by molar-refractivity contribution is -0.131. The topological polar surface area (TPSA) is 81.2 Å². The highest BCUT2D eigenvalue weighted by molar-refractivity contribution is 5.75. The highest BCUT2D eigenvalue weighted by atomic mass is 16.2. The molecule has 0 spiro atoms. The van der Waals surface area contributed by atoms with E-state index in [4.69, 9.17) is 5.73 Å². The van der Waals surface area contributed by atoms with Gasteiger partial charge >= 0.3 is 0 Å². The van der Waals surface area contributed by atoms with Crippen molar-refractivity contribution in [3.63, 3.8) is 0 Å². The summed E-state index contributed by atoms with van der Waals surface area (Å²) < 4.78 is 1.30. The van der Waals surface area contributed by atoms with Gasteiger partial charge in [-0.05, 0) is 18.2 Å². The number of pyridine rings is 2. The van der Waals surface area contributed by atoms with E-state index in [1.807, 2.05) is 18.2 Å². The number of hydrogen-bond acceptors (Lipinski definition) is 4. The van der Waals surface area contributed by atoms with Gasteiger partial charge in [0.15, 0.2) is 0 Å². The summed E-state index contributed by atoms with van der Waals surface area (Å²) >= 11 is 0. The molecular formula is C14H16N4O2. The number of aromatic nitrogens is 2. The minimum absolute atomic E-state index is 0.0345. The van der Waals surface area contributed by atoms with Crippen LogP contribution in [-0.2, 0) is 17.9 Å². The van der Waals surface area contributed by atoms with E-state index in [1.165, 1.54) is 27.8 Å². The Kier molecular flexibility index (Phi) is 4.14. The minimum atomic E-state index is -0.251. The van der Waals surface area contributed by atoms with Crippen LogP contribution in [0.25, 0.3) is 0 Å². The SMILES string of the molecule is CN(Cc1ccccn1)C(=O)Cn1cc(N)ccc1=O. The number of likely N-dealkylation sites (N-methyl/N-ethyl adjacent to an activating group) is 1. The number of nitrogens with zero attached hydrogens (tertiary/aromatic N) is 3. The van der Waals surface area contributed by atoms with Crippen molar-refractivity contribution in [1.82, 2.24) is 14.5 Å². The van der Waals surface area contributed by atoms with E-state index >= 15 is 0 Å². The number of amides is 1. The van der Waals surface area contributed by atoms with Crippen molar-refractivity contribution < 1.29 is 4.79 Å². The van der Waals surface area contributed by atoms with Crippen LogP contribution in [0, 0.1) is 0 Å². The first-order valence-corrected chi connectivity index (χ1v) is 6.16. The van der Waals surface area contributed by atoms with Crippen molar-refractivity contribution in [2.24, 2.45) is 0 Å². The van der Waals surface area contributed by atoms with E-state index in [0.717, 1.165) is 5.69 Å². The molecule has 0 aliphatic rings. The molecule has 0 aliphatic carbocycles. The van der Waals surface area contributed by atoms with Gasteiger partial charge in [0, 0.05) is 31.2 Å². The third-order valence-electron chi connectivity index (χ3n) is 2.86.